The van der Waals surface area contributed by atoms with Crippen LogP contribution in [0.4, 0.5) is 5.69 Å². The maximum atomic E-state index is 13.1. The summed E-state index contributed by atoms with van der Waals surface area (Å²) in [7, 11) is 0. The summed E-state index contributed by atoms with van der Waals surface area (Å²) in [5, 5.41) is 45.1. The lowest BCUT2D eigenvalue weighted by Gasteiger charge is -2.23. The fraction of sp³-hybridized carbons (Fsp3) is 0.609. The zero-order chi connectivity index (χ0) is 26.5. The van der Waals surface area contributed by atoms with Gasteiger partial charge in [0.1, 0.15) is 6.61 Å². The van der Waals surface area contributed by atoms with E-state index in [0.29, 0.717) is 42.0 Å². The minimum atomic E-state index is -1.17. The van der Waals surface area contributed by atoms with Crippen LogP contribution in [0, 0.1) is 13.8 Å². The van der Waals surface area contributed by atoms with Gasteiger partial charge in [-0.1, -0.05) is 6.92 Å². The van der Waals surface area contributed by atoms with Crippen LogP contribution < -0.4 is 16.0 Å². The van der Waals surface area contributed by atoms with E-state index in [-0.39, 0.29) is 36.5 Å². The number of hydrogen-bond acceptors (Lipinski definition) is 8. The van der Waals surface area contributed by atoms with Gasteiger partial charge >= 0.3 is 0 Å². The van der Waals surface area contributed by atoms with Crippen molar-refractivity contribution in [2.75, 3.05) is 50.7 Å². The van der Waals surface area contributed by atoms with Crippen LogP contribution in [0.1, 0.15) is 50.8 Å². The second-order valence-electron chi connectivity index (χ2n) is 7.94. The van der Waals surface area contributed by atoms with Crippen molar-refractivity contribution in [1.29, 1.82) is 0 Å². The molecule has 0 aliphatic carbocycles. The average Bonchev–Trinajstić information content (AvgIpc) is 2.84. The number of benzene rings is 1. The van der Waals surface area contributed by atoms with Crippen LogP contribution >= 0.6 is 11.6 Å². The highest BCUT2D eigenvalue weighted by Gasteiger charge is 2.27. The quantitative estimate of drug-likeness (QED) is 0.121. The average molecular weight is 518 g/mol. The largest absolute Gasteiger partial charge is 0.394 e. The van der Waals surface area contributed by atoms with Crippen LogP contribution in [-0.4, -0.2) is 95.8 Å². The number of alkyl halides is 1. The zero-order valence-corrected chi connectivity index (χ0v) is 21.1. The summed E-state index contributed by atoms with van der Waals surface area (Å²) in [4.78, 5) is 38.7. The van der Waals surface area contributed by atoms with E-state index in [2.05, 4.69) is 16.0 Å². The van der Waals surface area contributed by atoms with Crippen LogP contribution in [0.3, 0.4) is 0 Å². The highest BCUT2D eigenvalue weighted by molar-refractivity contribution is 6.17. The number of rotatable bonds is 15. The minimum absolute atomic E-state index is 0.124. The smallest absolute Gasteiger partial charge is 0.252 e. The first-order valence-corrected chi connectivity index (χ1v) is 11.9. The molecule has 2 unspecified atom stereocenters. The fourth-order valence-electron chi connectivity index (χ4n) is 3.50. The third kappa shape index (κ3) is 9.02. The maximum Gasteiger partial charge on any atom is 0.252 e. The molecule has 0 spiro atoms. The zero-order valence-electron chi connectivity index (χ0n) is 20.3. The summed E-state index contributed by atoms with van der Waals surface area (Å²) in [6.07, 6.45) is -1.42. The molecule has 35 heavy (non-hydrogen) atoms. The molecule has 0 radical (unpaired) electrons. The number of nitrogens with one attached hydrogen (secondary N) is 3. The number of halogens is 1. The van der Waals surface area contributed by atoms with Crippen molar-refractivity contribution in [3.05, 3.63) is 27.8 Å². The molecule has 3 amide bonds. The summed E-state index contributed by atoms with van der Waals surface area (Å²) >= 11 is 5.61. The molecule has 7 N–H and O–H groups in total. The molecule has 1 aromatic rings. The number of aliphatic hydroxyl groups is 4. The van der Waals surface area contributed by atoms with Crippen LogP contribution in [-0.2, 0) is 16.0 Å². The molecule has 0 aromatic heterocycles. The van der Waals surface area contributed by atoms with Gasteiger partial charge < -0.3 is 41.1 Å². The number of ether oxygens (including phenoxy) is 1. The molecule has 0 saturated carbocycles. The molecular formula is C23H36ClN3O8. The standard InChI is InChI=1S/C23H36ClN3O8/c1-4-17-20(23(34)26-9-16(31)11-29)13(2)19(22(33)25-8-15(30)10-28)14(3)21(17)27-18(32)12-35-7-5-6-24/h15-16,28-31H,4-12H2,1-3H3,(H,25,33)(H,26,34)(H,27,32). The fourth-order valence-corrected chi connectivity index (χ4v) is 3.61. The van der Waals surface area contributed by atoms with Crippen LogP contribution in [0.5, 0.6) is 0 Å². The van der Waals surface area contributed by atoms with Crippen LogP contribution in [0.15, 0.2) is 0 Å². The van der Waals surface area contributed by atoms with Gasteiger partial charge in [0.05, 0.1) is 25.4 Å². The van der Waals surface area contributed by atoms with E-state index in [0.717, 1.165) is 0 Å². The number of carbonyl (C=O) groups is 3. The van der Waals surface area contributed by atoms with Gasteiger partial charge in [0, 0.05) is 42.4 Å². The molecule has 0 aliphatic heterocycles. The topological polar surface area (TPSA) is 177 Å². The van der Waals surface area contributed by atoms with E-state index in [9.17, 15) is 24.6 Å². The van der Waals surface area contributed by atoms with Gasteiger partial charge in [0.25, 0.3) is 11.8 Å². The summed E-state index contributed by atoms with van der Waals surface area (Å²) in [6, 6.07) is 0. The SMILES string of the molecule is CCc1c(NC(=O)COCCCCl)c(C)c(C(=O)NCC(O)CO)c(C)c1C(=O)NCC(O)CO. The Balaban J connectivity index is 3.48. The first kappa shape index (κ1) is 30.8. The first-order chi connectivity index (χ1) is 16.6. The normalized spacial score (nSPS) is 12.7. The number of amides is 3. The van der Waals surface area contributed by atoms with Crippen molar-refractivity contribution in [2.45, 2.75) is 45.8 Å². The van der Waals surface area contributed by atoms with E-state index in [1.54, 1.807) is 20.8 Å². The summed E-state index contributed by atoms with van der Waals surface area (Å²) < 4.78 is 5.30. The third-order valence-corrected chi connectivity index (χ3v) is 5.52. The number of anilines is 1. The third-order valence-electron chi connectivity index (χ3n) is 5.25. The lowest BCUT2D eigenvalue weighted by atomic mass is 9.88. The molecule has 1 rings (SSSR count). The van der Waals surface area contributed by atoms with E-state index in [4.69, 9.17) is 26.6 Å². The van der Waals surface area contributed by atoms with Crippen molar-refractivity contribution < 1.29 is 39.5 Å². The predicted octanol–water partition coefficient (Wildman–Crippen LogP) is -0.384. The Hall–Kier alpha value is -2.28. The minimum Gasteiger partial charge on any atom is -0.394 e. The van der Waals surface area contributed by atoms with Crippen LogP contribution in [0.25, 0.3) is 0 Å². The highest BCUT2D eigenvalue weighted by Crippen LogP contribution is 2.32. The number of hydrogen-bond donors (Lipinski definition) is 7. The van der Waals surface area contributed by atoms with E-state index in [1.807, 2.05) is 0 Å². The molecule has 0 aliphatic rings. The summed E-state index contributed by atoms with van der Waals surface area (Å²) in [5.41, 5.74) is 1.79. The summed E-state index contributed by atoms with van der Waals surface area (Å²) in [5.74, 6) is -1.28. The first-order valence-electron chi connectivity index (χ1n) is 11.4. The van der Waals surface area contributed by atoms with Crippen LogP contribution in [0.2, 0.25) is 0 Å². The van der Waals surface area contributed by atoms with Gasteiger partial charge in [-0.3, -0.25) is 14.4 Å². The molecule has 11 nitrogen and oxygen atoms in total. The maximum absolute atomic E-state index is 13.1. The highest BCUT2D eigenvalue weighted by atomic mass is 35.5. The lowest BCUT2D eigenvalue weighted by Crippen LogP contribution is -2.37. The van der Waals surface area contributed by atoms with Crippen molar-refractivity contribution in [1.82, 2.24) is 10.6 Å². The van der Waals surface area contributed by atoms with Gasteiger partial charge in [-0.15, -0.1) is 11.6 Å². The molecule has 0 fully saturated rings. The molecule has 2 atom stereocenters. The molecular weight excluding hydrogens is 482 g/mol. The van der Waals surface area contributed by atoms with Crippen molar-refractivity contribution >= 4 is 35.0 Å². The van der Waals surface area contributed by atoms with Gasteiger partial charge in [-0.2, -0.15) is 0 Å². The Kier molecular flexibility index (Phi) is 13.8. The van der Waals surface area contributed by atoms with Gasteiger partial charge in [-0.05, 0) is 43.4 Å². The second kappa shape index (κ2) is 15.7. The molecule has 198 valence electrons. The van der Waals surface area contributed by atoms with Crippen molar-refractivity contribution in [2.24, 2.45) is 0 Å². The Morgan fingerprint density at radius 1 is 0.943 bits per heavy atom. The number of carbonyl (C=O) groups excluding carboxylic acids is 3. The lowest BCUT2D eigenvalue weighted by molar-refractivity contribution is -0.120. The Morgan fingerprint density at radius 2 is 1.49 bits per heavy atom. The summed E-state index contributed by atoms with van der Waals surface area (Å²) in [6.45, 7) is 3.53. The van der Waals surface area contributed by atoms with Crippen molar-refractivity contribution in [3.63, 3.8) is 0 Å². The molecule has 12 heteroatoms. The van der Waals surface area contributed by atoms with Gasteiger partial charge in [0.15, 0.2) is 0 Å². The predicted molar refractivity (Wildman–Crippen MR) is 131 cm³/mol. The van der Waals surface area contributed by atoms with Gasteiger partial charge in [0.2, 0.25) is 5.91 Å². The molecule has 0 bridgehead atoms. The van der Waals surface area contributed by atoms with E-state index < -0.39 is 43.1 Å². The molecule has 0 heterocycles. The molecule has 1 aromatic carbocycles. The Morgan fingerprint density at radius 3 is 1.97 bits per heavy atom. The monoisotopic (exact) mass is 517 g/mol. The Bertz CT molecular complexity index is 881. The second-order valence-corrected chi connectivity index (χ2v) is 8.32. The van der Waals surface area contributed by atoms with Crippen molar-refractivity contribution in [3.8, 4) is 0 Å². The van der Waals surface area contributed by atoms with E-state index in [1.165, 1.54) is 0 Å². The molecule has 0 saturated heterocycles. The van der Waals surface area contributed by atoms with E-state index >= 15 is 0 Å². The van der Waals surface area contributed by atoms with Gasteiger partial charge in [-0.25, -0.2) is 0 Å². The Labute approximate surface area is 209 Å². The number of aliphatic hydroxyl groups excluding tert-OH is 4.